The second-order valence-corrected chi connectivity index (χ2v) is 13.8. The topological polar surface area (TPSA) is 113 Å². The second kappa shape index (κ2) is 13.0. The second-order valence-electron chi connectivity index (χ2n) is 13.8. The lowest BCUT2D eigenvalue weighted by Gasteiger charge is -2.13. The van der Waals surface area contributed by atoms with E-state index in [-0.39, 0.29) is 0 Å². The van der Waals surface area contributed by atoms with Crippen LogP contribution in [0.3, 0.4) is 0 Å². The van der Waals surface area contributed by atoms with E-state index in [9.17, 15) is 0 Å². The number of hydrogen-bond acceptors (Lipinski definition) is 7. The fourth-order valence-corrected chi connectivity index (χ4v) is 7.12. The number of hydrogen-bond donors (Lipinski definition) is 2. The minimum atomic E-state index is 0.470. The Bertz CT molecular complexity index is 2470. The van der Waals surface area contributed by atoms with Crippen molar-refractivity contribution in [3.8, 4) is 11.5 Å². The van der Waals surface area contributed by atoms with E-state index in [0.29, 0.717) is 11.6 Å². The first kappa shape index (κ1) is 32.1. The Hall–Kier alpha value is -6.08. The van der Waals surface area contributed by atoms with Crippen LogP contribution in [0.2, 0.25) is 0 Å². The van der Waals surface area contributed by atoms with Crippen LogP contribution in [0.15, 0.2) is 97.3 Å². The van der Waals surface area contributed by atoms with E-state index in [1.807, 2.05) is 12.4 Å². The zero-order valence-electron chi connectivity index (χ0n) is 29.4. The molecule has 0 amide bonds. The van der Waals surface area contributed by atoms with E-state index in [1.54, 1.807) is 0 Å². The van der Waals surface area contributed by atoms with Gasteiger partial charge in [-0.05, 0) is 146 Å². The molecule has 0 saturated carbocycles. The van der Waals surface area contributed by atoms with Gasteiger partial charge in [0.2, 0.25) is 0 Å². The molecule has 4 aromatic heterocycles. The highest BCUT2D eigenvalue weighted by Crippen LogP contribution is 2.31. The maximum atomic E-state index is 6.34. The molecule has 7 nitrogen and oxygen atoms in total. The van der Waals surface area contributed by atoms with Crippen LogP contribution in [0.25, 0.3) is 43.6 Å². The Balaban J connectivity index is 0.931. The standard InChI is InChI=1S/C44H40N6O/c1-25-5-15-35-37-21-29(23-47-41(37)43(45)49-39(35)17-25)7-9-31-11-13-33(19-27(31)3)51-34-14-12-32(28(4)20-34)10-8-30-22-38-36-16-6-26(2)18-40(36)50-44(46)42(38)48-24-30/h5-6,11-24H,7-10H2,1-4H3,(H2,45,49)(H2,46,50). The van der Waals surface area contributed by atoms with Gasteiger partial charge < -0.3 is 16.2 Å². The van der Waals surface area contributed by atoms with Crippen LogP contribution in [0.4, 0.5) is 11.6 Å². The third-order valence-electron chi connectivity index (χ3n) is 9.97. The summed E-state index contributed by atoms with van der Waals surface area (Å²) < 4.78 is 6.34. The smallest absolute Gasteiger partial charge is 0.150 e. The third-order valence-corrected chi connectivity index (χ3v) is 9.97. The van der Waals surface area contributed by atoms with Gasteiger partial charge in [-0.15, -0.1) is 0 Å². The fraction of sp³-hybridized carbons (Fsp3) is 0.182. The largest absolute Gasteiger partial charge is 0.457 e. The molecule has 0 bridgehead atoms. The molecule has 0 unspecified atom stereocenters. The van der Waals surface area contributed by atoms with Gasteiger partial charge in [-0.1, -0.05) is 36.4 Å². The molecule has 252 valence electrons. The minimum Gasteiger partial charge on any atom is -0.457 e. The van der Waals surface area contributed by atoms with Crippen LogP contribution in [0, 0.1) is 27.7 Å². The van der Waals surface area contributed by atoms with Gasteiger partial charge in [0.1, 0.15) is 22.5 Å². The number of pyridine rings is 4. The Labute approximate surface area is 297 Å². The van der Waals surface area contributed by atoms with Crippen LogP contribution in [0.5, 0.6) is 11.5 Å². The molecule has 4 N–H and O–H groups in total. The summed E-state index contributed by atoms with van der Waals surface area (Å²) in [5.41, 5.74) is 25.5. The van der Waals surface area contributed by atoms with Gasteiger partial charge in [0, 0.05) is 33.9 Å². The summed E-state index contributed by atoms with van der Waals surface area (Å²) in [4.78, 5) is 18.6. The van der Waals surface area contributed by atoms with Gasteiger partial charge in [-0.2, -0.15) is 0 Å². The lowest BCUT2D eigenvalue weighted by atomic mass is 9.99. The van der Waals surface area contributed by atoms with Crippen LogP contribution in [0.1, 0.15) is 44.5 Å². The predicted octanol–water partition coefficient (Wildman–Crippen LogP) is 9.64. The number of anilines is 2. The summed E-state index contributed by atoms with van der Waals surface area (Å²) in [5, 5.41) is 4.26. The predicted molar refractivity (Wildman–Crippen MR) is 210 cm³/mol. The normalized spacial score (nSPS) is 11.6. The summed E-state index contributed by atoms with van der Waals surface area (Å²) >= 11 is 0. The number of nitrogens with two attached hydrogens (primary N) is 2. The van der Waals surface area contributed by atoms with E-state index < -0.39 is 0 Å². The summed E-state index contributed by atoms with van der Waals surface area (Å²) in [6.07, 6.45) is 7.39. The van der Waals surface area contributed by atoms with Gasteiger partial charge in [-0.25, -0.2) is 9.97 Å². The Kier molecular flexibility index (Phi) is 8.19. The fourth-order valence-electron chi connectivity index (χ4n) is 7.12. The minimum absolute atomic E-state index is 0.470. The third kappa shape index (κ3) is 6.39. The highest BCUT2D eigenvalue weighted by molar-refractivity contribution is 6.09. The van der Waals surface area contributed by atoms with E-state index in [0.717, 1.165) is 91.9 Å². The molecule has 0 atom stereocenters. The molecule has 8 rings (SSSR count). The van der Waals surface area contributed by atoms with Crippen LogP contribution in [-0.2, 0) is 25.7 Å². The molecule has 0 spiro atoms. The molecule has 7 heteroatoms. The lowest BCUT2D eigenvalue weighted by molar-refractivity contribution is 0.481. The lowest BCUT2D eigenvalue weighted by Crippen LogP contribution is -1.99. The van der Waals surface area contributed by atoms with E-state index in [2.05, 4.69) is 123 Å². The highest BCUT2D eigenvalue weighted by atomic mass is 16.5. The number of nitrogens with zero attached hydrogens (tertiary/aromatic N) is 4. The van der Waals surface area contributed by atoms with Crippen molar-refractivity contribution in [2.45, 2.75) is 53.4 Å². The number of benzene rings is 4. The van der Waals surface area contributed by atoms with Crippen LogP contribution in [-0.4, -0.2) is 19.9 Å². The summed E-state index contributed by atoms with van der Waals surface area (Å²) in [5.74, 6) is 2.61. The molecule has 0 aliphatic carbocycles. The average molecular weight is 669 g/mol. The Morgan fingerprint density at radius 2 is 0.941 bits per heavy atom. The quantitative estimate of drug-likeness (QED) is 0.155. The van der Waals surface area contributed by atoms with Crippen molar-refractivity contribution in [2.24, 2.45) is 0 Å². The molecule has 0 radical (unpaired) electrons. The SMILES string of the molecule is Cc1ccc2c(c1)nc(N)c1ncc(CCc3ccc(Oc4ccc(CCc5cnc6c(N)nc7cc(C)ccc7c6c5)c(C)c4)cc3C)cc12. The maximum Gasteiger partial charge on any atom is 0.150 e. The van der Waals surface area contributed by atoms with Crippen molar-refractivity contribution in [3.05, 3.63) is 142 Å². The first-order chi connectivity index (χ1) is 24.7. The van der Waals surface area contributed by atoms with Gasteiger partial charge >= 0.3 is 0 Å². The van der Waals surface area contributed by atoms with Crippen LogP contribution < -0.4 is 16.2 Å². The molecule has 51 heavy (non-hydrogen) atoms. The maximum absolute atomic E-state index is 6.34. The molecule has 0 aliphatic heterocycles. The van der Waals surface area contributed by atoms with Crippen molar-refractivity contribution in [1.29, 1.82) is 0 Å². The molecular weight excluding hydrogens is 629 g/mol. The molecule has 0 saturated heterocycles. The van der Waals surface area contributed by atoms with E-state index in [4.69, 9.17) is 26.2 Å². The number of aromatic nitrogens is 4. The van der Waals surface area contributed by atoms with Crippen molar-refractivity contribution in [3.63, 3.8) is 0 Å². The number of aryl methyl sites for hydroxylation is 8. The molecule has 4 heterocycles. The zero-order valence-corrected chi connectivity index (χ0v) is 29.4. The van der Waals surface area contributed by atoms with Crippen molar-refractivity contribution >= 4 is 55.2 Å². The van der Waals surface area contributed by atoms with E-state index in [1.165, 1.54) is 33.4 Å². The Morgan fingerprint density at radius 3 is 1.37 bits per heavy atom. The molecule has 4 aromatic carbocycles. The highest BCUT2D eigenvalue weighted by Gasteiger charge is 2.12. The van der Waals surface area contributed by atoms with Gasteiger partial charge in [0.05, 0.1) is 11.0 Å². The average Bonchev–Trinajstić information content (AvgIpc) is 3.10. The van der Waals surface area contributed by atoms with Crippen molar-refractivity contribution in [2.75, 3.05) is 11.5 Å². The number of nitrogen functional groups attached to an aromatic ring is 2. The molecule has 8 aromatic rings. The summed E-state index contributed by atoms with van der Waals surface area (Å²) in [7, 11) is 0. The molecule has 0 aliphatic rings. The van der Waals surface area contributed by atoms with Gasteiger partial charge in [-0.3, -0.25) is 9.97 Å². The van der Waals surface area contributed by atoms with Crippen molar-refractivity contribution in [1.82, 2.24) is 19.9 Å². The zero-order chi connectivity index (χ0) is 35.2. The first-order valence-corrected chi connectivity index (χ1v) is 17.4. The summed E-state index contributed by atoms with van der Waals surface area (Å²) in [6.45, 7) is 8.43. The first-order valence-electron chi connectivity index (χ1n) is 17.4. The van der Waals surface area contributed by atoms with Gasteiger partial charge in [0.25, 0.3) is 0 Å². The molecular formula is C44H40N6O. The monoisotopic (exact) mass is 668 g/mol. The number of ether oxygens (including phenoxy) is 1. The summed E-state index contributed by atoms with van der Waals surface area (Å²) in [6, 6.07) is 29.7. The van der Waals surface area contributed by atoms with Gasteiger partial charge in [0.15, 0.2) is 11.6 Å². The Morgan fingerprint density at radius 1 is 0.490 bits per heavy atom. The van der Waals surface area contributed by atoms with Crippen molar-refractivity contribution < 1.29 is 4.74 Å². The molecule has 0 fully saturated rings. The number of rotatable bonds is 8. The van der Waals surface area contributed by atoms with Crippen LogP contribution >= 0.6 is 0 Å². The number of fused-ring (bicyclic) bond motifs is 6. The van der Waals surface area contributed by atoms with E-state index >= 15 is 0 Å².